The van der Waals surface area contributed by atoms with Crippen LogP contribution in [0.4, 0.5) is 4.39 Å². The van der Waals surface area contributed by atoms with Gasteiger partial charge in [-0.1, -0.05) is 18.2 Å². The van der Waals surface area contributed by atoms with E-state index in [9.17, 15) is 14.3 Å². The van der Waals surface area contributed by atoms with Gasteiger partial charge in [-0.2, -0.15) is 0 Å². The van der Waals surface area contributed by atoms with Crippen LogP contribution in [0.25, 0.3) is 0 Å². The van der Waals surface area contributed by atoms with Crippen LogP contribution in [-0.2, 0) is 6.42 Å². The zero-order valence-corrected chi connectivity index (χ0v) is 13.1. The summed E-state index contributed by atoms with van der Waals surface area (Å²) in [6.45, 7) is 3.13. The summed E-state index contributed by atoms with van der Waals surface area (Å²) in [5.41, 5.74) is 2.14. The summed E-state index contributed by atoms with van der Waals surface area (Å²) in [6, 6.07) is 11.8. The maximum absolute atomic E-state index is 13.6. The Labute approximate surface area is 135 Å². The molecule has 1 heterocycles. The maximum Gasteiger partial charge on any atom is 0.253 e. The normalized spacial score (nSPS) is 17.5. The van der Waals surface area contributed by atoms with Crippen molar-refractivity contribution < 1.29 is 14.3 Å². The number of amides is 1. The fraction of sp³-hybridized carbons (Fsp3) is 0.316. The third-order valence-corrected chi connectivity index (χ3v) is 4.43. The Kier molecular flexibility index (Phi) is 4.33. The quantitative estimate of drug-likeness (QED) is 0.941. The number of aryl methyl sites for hydroxylation is 1. The van der Waals surface area contributed by atoms with Crippen molar-refractivity contribution in [1.29, 1.82) is 0 Å². The number of carbonyl (C=O) groups is 1. The average molecular weight is 313 g/mol. The van der Waals surface area contributed by atoms with Crippen molar-refractivity contribution in [3.63, 3.8) is 0 Å². The second-order valence-corrected chi connectivity index (χ2v) is 6.24. The number of nitrogens with zero attached hydrogens (tertiary/aromatic N) is 1. The van der Waals surface area contributed by atoms with Crippen LogP contribution in [-0.4, -0.2) is 29.0 Å². The minimum Gasteiger partial charge on any atom is -0.508 e. The zero-order chi connectivity index (χ0) is 16.4. The van der Waals surface area contributed by atoms with Crippen molar-refractivity contribution in [3.05, 3.63) is 65.0 Å². The smallest absolute Gasteiger partial charge is 0.253 e. The Bertz CT molecular complexity index is 729. The number of hydrogen-bond acceptors (Lipinski definition) is 2. The summed E-state index contributed by atoms with van der Waals surface area (Å²) in [7, 11) is 0. The van der Waals surface area contributed by atoms with Crippen LogP contribution in [0.3, 0.4) is 0 Å². The third-order valence-electron chi connectivity index (χ3n) is 4.43. The number of phenols is 1. The highest BCUT2D eigenvalue weighted by molar-refractivity contribution is 5.94. The molecule has 0 saturated carbocycles. The lowest BCUT2D eigenvalue weighted by Gasteiger charge is -2.17. The van der Waals surface area contributed by atoms with E-state index in [1.807, 2.05) is 11.0 Å². The van der Waals surface area contributed by atoms with Crippen LogP contribution in [0.5, 0.6) is 5.75 Å². The second kappa shape index (κ2) is 6.41. The van der Waals surface area contributed by atoms with Crippen LogP contribution in [0.1, 0.15) is 27.9 Å². The van der Waals surface area contributed by atoms with Gasteiger partial charge in [0.25, 0.3) is 5.91 Å². The van der Waals surface area contributed by atoms with Crippen molar-refractivity contribution in [1.82, 2.24) is 4.90 Å². The first kappa shape index (κ1) is 15.5. The van der Waals surface area contributed by atoms with Gasteiger partial charge in [0.05, 0.1) is 0 Å². The van der Waals surface area contributed by atoms with E-state index in [0.717, 1.165) is 18.4 Å². The highest BCUT2D eigenvalue weighted by Crippen LogP contribution is 2.24. The lowest BCUT2D eigenvalue weighted by Crippen LogP contribution is -2.28. The van der Waals surface area contributed by atoms with Gasteiger partial charge < -0.3 is 10.0 Å². The molecule has 0 radical (unpaired) electrons. The molecule has 3 rings (SSSR count). The Morgan fingerprint density at radius 2 is 2.13 bits per heavy atom. The molecule has 0 aliphatic carbocycles. The summed E-state index contributed by atoms with van der Waals surface area (Å²) in [5, 5.41) is 9.49. The van der Waals surface area contributed by atoms with E-state index >= 15 is 0 Å². The molecule has 1 aliphatic heterocycles. The third kappa shape index (κ3) is 3.52. The lowest BCUT2D eigenvalue weighted by molar-refractivity contribution is 0.0786. The van der Waals surface area contributed by atoms with Gasteiger partial charge in [0, 0.05) is 18.7 Å². The van der Waals surface area contributed by atoms with E-state index in [4.69, 9.17) is 0 Å². The van der Waals surface area contributed by atoms with Crippen LogP contribution in [0.15, 0.2) is 42.5 Å². The number of hydrogen-bond donors (Lipinski definition) is 1. The molecule has 2 aromatic rings. The molecule has 1 saturated heterocycles. The van der Waals surface area contributed by atoms with Gasteiger partial charge >= 0.3 is 0 Å². The van der Waals surface area contributed by atoms with Gasteiger partial charge in [0.1, 0.15) is 11.6 Å². The number of phenolic OH excluding ortho intramolecular Hbond substituents is 1. The molecule has 1 unspecified atom stereocenters. The molecule has 1 N–H and O–H groups in total. The lowest BCUT2D eigenvalue weighted by atomic mass is 9.98. The zero-order valence-electron chi connectivity index (χ0n) is 13.1. The molecule has 0 aromatic heterocycles. The standard InChI is InChI=1S/C19H20FNO2/c1-13-5-6-14(10-18(13)20)9-15-7-8-21(12-15)19(23)16-3-2-4-17(22)11-16/h2-6,10-11,15,22H,7-9,12H2,1H3. The first-order chi connectivity index (χ1) is 11.0. The van der Waals surface area contributed by atoms with E-state index in [1.165, 1.54) is 6.07 Å². The molecule has 4 heteroatoms. The molecule has 3 nitrogen and oxygen atoms in total. The summed E-state index contributed by atoms with van der Waals surface area (Å²) in [6.07, 6.45) is 1.70. The molecule has 1 amide bonds. The van der Waals surface area contributed by atoms with Crippen molar-refractivity contribution >= 4 is 5.91 Å². The van der Waals surface area contributed by atoms with Crippen LogP contribution in [0, 0.1) is 18.7 Å². The van der Waals surface area contributed by atoms with Crippen molar-refractivity contribution in [2.24, 2.45) is 5.92 Å². The number of aromatic hydroxyl groups is 1. The predicted molar refractivity (Wildman–Crippen MR) is 87.0 cm³/mol. The number of benzene rings is 2. The van der Waals surface area contributed by atoms with E-state index in [1.54, 1.807) is 37.3 Å². The maximum atomic E-state index is 13.6. The van der Waals surface area contributed by atoms with Crippen molar-refractivity contribution in [2.45, 2.75) is 19.8 Å². The monoisotopic (exact) mass is 313 g/mol. The Hall–Kier alpha value is -2.36. The van der Waals surface area contributed by atoms with Gasteiger partial charge in [0.15, 0.2) is 0 Å². The first-order valence-corrected chi connectivity index (χ1v) is 7.86. The first-order valence-electron chi connectivity index (χ1n) is 7.86. The molecule has 0 spiro atoms. The average Bonchev–Trinajstić information content (AvgIpc) is 2.99. The van der Waals surface area contributed by atoms with Gasteiger partial charge in [-0.3, -0.25) is 4.79 Å². The van der Waals surface area contributed by atoms with E-state index in [-0.39, 0.29) is 17.5 Å². The van der Waals surface area contributed by atoms with Crippen LogP contribution >= 0.6 is 0 Å². The number of rotatable bonds is 3. The molecule has 1 aliphatic rings. The molecule has 23 heavy (non-hydrogen) atoms. The molecular weight excluding hydrogens is 293 g/mol. The van der Waals surface area contributed by atoms with E-state index in [0.29, 0.717) is 30.1 Å². The molecule has 2 aromatic carbocycles. The number of carbonyl (C=O) groups excluding carboxylic acids is 1. The fourth-order valence-electron chi connectivity index (χ4n) is 3.10. The van der Waals surface area contributed by atoms with E-state index in [2.05, 4.69) is 0 Å². The summed E-state index contributed by atoms with van der Waals surface area (Å²) < 4.78 is 13.6. The summed E-state index contributed by atoms with van der Waals surface area (Å²) in [4.78, 5) is 14.3. The minimum atomic E-state index is -0.173. The van der Waals surface area contributed by atoms with Gasteiger partial charge in [-0.15, -0.1) is 0 Å². The Balaban J connectivity index is 1.64. The fourth-order valence-corrected chi connectivity index (χ4v) is 3.10. The minimum absolute atomic E-state index is 0.0570. The Morgan fingerprint density at radius 3 is 2.87 bits per heavy atom. The highest BCUT2D eigenvalue weighted by atomic mass is 19.1. The number of halogens is 1. The molecular formula is C19H20FNO2. The van der Waals surface area contributed by atoms with Gasteiger partial charge in [-0.25, -0.2) is 4.39 Å². The van der Waals surface area contributed by atoms with Crippen molar-refractivity contribution in [2.75, 3.05) is 13.1 Å². The van der Waals surface area contributed by atoms with Crippen LogP contribution < -0.4 is 0 Å². The molecule has 120 valence electrons. The number of likely N-dealkylation sites (tertiary alicyclic amines) is 1. The van der Waals surface area contributed by atoms with Crippen LogP contribution in [0.2, 0.25) is 0 Å². The van der Waals surface area contributed by atoms with E-state index < -0.39 is 0 Å². The summed E-state index contributed by atoms with van der Waals surface area (Å²) in [5.74, 6) is 0.215. The SMILES string of the molecule is Cc1ccc(CC2CCN(C(=O)c3cccc(O)c3)C2)cc1F. The van der Waals surface area contributed by atoms with Gasteiger partial charge in [0.2, 0.25) is 0 Å². The molecule has 0 bridgehead atoms. The molecule has 1 fully saturated rings. The summed E-state index contributed by atoms with van der Waals surface area (Å²) >= 11 is 0. The Morgan fingerprint density at radius 1 is 1.30 bits per heavy atom. The topological polar surface area (TPSA) is 40.5 Å². The predicted octanol–water partition coefficient (Wildman–Crippen LogP) is 3.54. The van der Waals surface area contributed by atoms with Crippen molar-refractivity contribution in [3.8, 4) is 5.75 Å². The molecule has 1 atom stereocenters. The largest absolute Gasteiger partial charge is 0.508 e. The highest BCUT2D eigenvalue weighted by Gasteiger charge is 2.27. The van der Waals surface area contributed by atoms with Gasteiger partial charge in [-0.05, 0) is 61.1 Å². The second-order valence-electron chi connectivity index (χ2n) is 6.24.